The van der Waals surface area contributed by atoms with Crippen molar-refractivity contribution in [2.45, 2.75) is 207 Å². The van der Waals surface area contributed by atoms with Gasteiger partial charge in [0.15, 0.2) is 6.10 Å². The van der Waals surface area contributed by atoms with Gasteiger partial charge in [-0.05, 0) is 122 Å². The van der Waals surface area contributed by atoms with Crippen LogP contribution < -0.4 is 0 Å². The molecule has 374 valence electrons. The number of rotatable bonds is 45. The largest absolute Gasteiger partial charge is 0.462 e. The minimum atomic E-state index is -0.832. The molecule has 0 aromatic heterocycles. The van der Waals surface area contributed by atoms with Crippen LogP contribution in [0.3, 0.4) is 0 Å². The molecule has 0 aliphatic heterocycles. The van der Waals surface area contributed by atoms with E-state index in [1.165, 1.54) is 12.8 Å². The van der Waals surface area contributed by atoms with Crippen molar-refractivity contribution in [3.8, 4) is 0 Å². The Morgan fingerprint density at radius 1 is 0.299 bits per heavy atom. The fourth-order valence-electron chi connectivity index (χ4n) is 6.49. The standard InChI is InChI=1S/C61H94O6/c1-4-7-10-13-16-19-22-25-27-29-30-32-33-36-39-42-45-48-51-54-60(63)66-57-58(56-65-59(62)53-50-47-44-41-38-35-24-21-18-15-12-9-6-3)67-61(64)55-52-49-46-43-40-37-34-31-28-26-23-20-17-14-11-8-5-2/h7-12,16-21,25-28,30,32,34-35,37-38,44,47,58H,4-6,13-15,22-24,29,31,33,36,39-43,45-46,48-57H2,1-3H3/b10-7-,11-8-,12-9-,19-16-,20-17-,21-18-,27-25-,28-26-,32-30-,37-34-,38-35-,47-44-. The van der Waals surface area contributed by atoms with Gasteiger partial charge in [0.05, 0.1) is 0 Å². The van der Waals surface area contributed by atoms with E-state index in [0.717, 1.165) is 141 Å². The quantitative estimate of drug-likeness (QED) is 0.0262. The molecule has 1 atom stereocenters. The van der Waals surface area contributed by atoms with E-state index in [1.807, 2.05) is 12.2 Å². The van der Waals surface area contributed by atoms with Crippen molar-refractivity contribution in [2.75, 3.05) is 13.2 Å². The summed E-state index contributed by atoms with van der Waals surface area (Å²) in [5.74, 6) is -1.06. The van der Waals surface area contributed by atoms with Gasteiger partial charge in [0.1, 0.15) is 13.2 Å². The minimum absolute atomic E-state index is 0.124. The Kier molecular flexibility index (Phi) is 50.1. The van der Waals surface area contributed by atoms with E-state index >= 15 is 0 Å². The van der Waals surface area contributed by atoms with E-state index in [-0.39, 0.29) is 44.0 Å². The van der Waals surface area contributed by atoms with Crippen LogP contribution in [0.4, 0.5) is 0 Å². The maximum Gasteiger partial charge on any atom is 0.306 e. The van der Waals surface area contributed by atoms with Crippen molar-refractivity contribution in [2.24, 2.45) is 0 Å². The van der Waals surface area contributed by atoms with Crippen LogP contribution in [0.25, 0.3) is 0 Å². The molecule has 0 fully saturated rings. The van der Waals surface area contributed by atoms with Crippen LogP contribution in [0.5, 0.6) is 0 Å². The first-order valence-electron chi connectivity index (χ1n) is 26.3. The fraction of sp³-hybridized carbons (Fsp3) is 0.557. The molecular weight excluding hydrogens is 829 g/mol. The Bertz CT molecular complexity index is 1530. The maximum atomic E-state index is 12.8. The van der Waals surface area contributed by atoms with Crippen molar-refractivity contribution in [3.63, 3.8) is 0 Å². The van der Waals surface area contributed by atoms with E-state index in [9.17, 15) is 14.4 Å². The van der Waals surface area contributed by atoms with Gasteiger partial charge < -0.3 is 14.2 Å². The lowest BCUT2D eigenvalue weighted by atomic mass is 10.1. The number of hydrogen-bond acceptors (Lipinski definition) is 6. The molecular formula is C61H94O6. The van der Waals surface area contributed by atoms with Gasteiger partial charge in [-0.2, -0.15) is 0 Å². The first-order valence-corrected chi connectivity index (χ1v) is 26.3. The van der Waals surface area contributed by atoms with Crippen LogP contribution in [0, 0.1) is 0 Å². The maximum absolute atomic E-state index is 12.8. The molecule has 0 spiro atoms. The topological polar surface area (TPSA) is 78.9 Å². The lowest BCUT2D eigenvalue weighted by Gasteiger charge is -2.18. The second-order valence-corrected chi connectivity index (χ2v) is 16.6. The van der Waals surface area contributed by atoms with Gasteiger partial charge >= 0.3 is 17.9 Å². The summed E-state index contributed by atoms with van der Waals surface area (Å²) in [5, 5.41) is 0. The molecule has 6 nitrogen and oxygen atoms in total. The minimum Gasteiger partial charge on any atom is -0.462 e. The molecule has 0 bridgehead atoms. The zero-order valence-electron chi connectivity index (χ0n) is 42.6. The fourth-order valence-corrected chi connectivity index (χ4v) is 6.49. The molecule has 0 amide bonds. The van der Waals surface area contributed by atoms with Gasteiger partial charge in [-0.15, -0.1) is 0 Å². The zero-order valence-corrected chi connectivity index (χ0v) is 42.6. The Labute approximate surface area is 410 Å². The number of carbonyl (C=O) groups is 3. The molecule has 0 heterocycles. The summed E-state index contributed by atoms with van der Waals surface area (Å²) in [6.07, 6.45) is 77.0. The van der Waals surface area contributed by atoms with Crippen molar-refractivity contribution >= 4 is 17.9 Å². The van der Waals surface area contributed by atoms with Gasteiger partial charge in [0.25, 0.3) is 0 Å². The van der Waals surface area contributed by atoms with E-state index in [1.54, 1.807) is 0 Å². The van der Waals surface area contributed by atoms with Gasteiger partial charge in [-0.1, -0.05) is 205 Å². The predicted molar refractivity (Wildman–Crippen MR) is 288 cm³/mol. The van der Waals surface area contributed by atoms with Crippen LogP contribution in [0.2, 0.25) is 0 Å². The van der Waals surface area contributed by atoms with E-state index in [4.69, 9.17) is 14.2 Å². The number of ether oxygens (including phenoxy) is 3. The van der Waals surface area contributed by atoms with Crippen LogP contribution in [0.1, 0.15) is 201 Å². The summed E-state index contributed by atoms with van der Waals surface area (Å²) < 4.78 is 16.7. The molecule has 0 aliphatic rings. The normalized spacial score (nSPS) is 13.3. The predicted octanol–water partition coefficient (Wildman–Crippen LogP) is 17.6. The molecule has 0 radical (unpaired) electrons. The average Bonchev–Trinajstić information content (AvgIpc) is 3.33. The molecule has 6 heteroatoms. The third-order valence-electron chi connectivity index (χ3n) is 10.3. The Hall–Kier alpha value is -4.71. The van der Waals surface area contributed by atoms with Gasteiger partial charge in [-0.25, -0.2) is 0 Å². The monoisotopic (exact) mass is 923 g/mol. The summed E-state index contributed by atoms with van der Waals surface area (Å²) in [6, 6.07) is 0. The molecule has 0 saturated carbocycles. The Morgan fingerprint density at radius 3 is 0.925 bits per heavy atom. The third-order valence-corrected chi connectivity index (χ3v) is 10.3. The summed E-state index contributed by atoms with van der Waals surface area (Å²) in [5.41, 5.74) is 0. The molecule has 0 aromatic carbocycles. The summed E-state index contributed by atoms with van der Waals surface area (Å²) in [6.45, 7) is 6.17. The van der Waals surface area contributed by atoms with E-state index in [0.29, 0.717) is 12.8 Å². The van der Waals surface area contributed by atoms with Gasteiger partial charge in [0, 0.05) is 19.3 Å². The second kappa shape index (κ2) is 53.9. The molecule has 0 rings (SSSR count). The number of esters is 3. The SMILES string of the molecule is CC/C=C\C/C=C\C/C=C\C/C=C\CCCCCCCCC(=O)OCC(COC(=O)CC/C=C\C/C=C\C/C=C\C/C=C\CC)OC(=O)CCCCCC/C=C\C/C=C\C/C=C\C/C=C\CC. The lowest BCUT2D eigenvalue weighted by Crippen LogP contribution is -2.30. The van der Waals surface area contributed by atoms with Crippen LogP contribution in [0.15, 0.2) is 146 Å². The summed E-state index contributed by atoms with van der Waals surface area (Å²) in [7, 11) is 0. The van der Waals surface area contributed by atoms with Crippen molar-refractivity contribution < 1.29 is 28.6 Å². The Balaban J connectivity index is 4.55. The number of allylic oxidation sites excluding steroid dienone is 24. The van der Waals surface area contributed by atoms with Crippen molar-refractivity contribution in [3.05, 3.63) is 146 Å². The van der Waals surface area contributed by atoms with Crippen LogP contribution in [-0.2, 0) is 28.6 Å². The van der Waals surface area contributed by atoms with Gasteiger partial charge in [-0.3, -0.25) is 14.4 Å². The lowest BCUT2D eigenvalue weighted by molar-refractivity contribution is -0.166. The van der Waals surface area contributed by atoms with Crippen LogP contribution >= 0.6 is 0 Å². The zero-order chi connectivity index (χ0) is 48.6. The smallest absolute Gasteiger partial charge is 0.306 e. The molecule has 1 unspecified atom stereocenters. The van der Waals surface area contributed by atoms with Crippen molar-refractivity contribution in [1.82, 2.24) is 0 Å². The average molecular weight is 923 g/mol. The molecule has 0 aromatic rings. The third kappa shape index (κ3) is 52.1. The highest BCUT2D eigenvalue weighted by atomic mass is 16.6. The van der Waals surface area contributed by atoms with E-state index in [2.05, 4.69) is 154 Å². The second-order valence-electron chi connectivity index (χ2n) is 16.6. The Morgan fingerprint density at radius 2 is 0.567 bits per heavy atom. The molecule has 67 heavy (non-hydrogen) atoms. The summed E-state index contributed by atoms with van der Waals surface area (Å²) >= 11 is 0. The van der Waals surface area contributed by atoms with Crippen LogP contribution in [-0.4, -0.2) is 37.2 Å². The highest BCUT2D eigenvalue weighted by Gasteiger charge is 2.19. The molecule has 0 aliphatic carbocycles. The first kappa shape index (κ1) is 62.3. The number of unbranched alkanes of at least 4 members (excludes halogenated alkanes) is 10. The number of carbonyl (C=O) groups excluding carboxylic acids is 3. The molecule has 0 N–H and O–H groups in total. The highest BCUT2D eigenvalue weighted by Crippen LogP contribution is 2.12. The highest BCUT2D eigenvalue weighted by molar-refractivity contribution is 5.71. The molecule has 0 saturated heterocycles. The summed E-state index contributed by atoms with van der Waals surface area (Å²) in [4.78, 5) is 38.0. The van der Waals surface area contributed by atoms with E-state index < -0.39 is 6.10 Å². The van der Waals surface area contributed by atoms with Crippen molar-refractivity contribution in [1.29, 1.82) is 0 Å². The van der Waals surface area contributed by atoms with Gasteiger partial charge in [0.2, 0.25) is 0 Å². The number of hydrogen-bond donors (Lipinski definition) is 0. The first-order chi connectivity index (χ1) is 33.0.